The maximum atomic E-state index is 13.9. The molecule has 0 unspecified atom stereocenters. The van der Waals surface area contributed by atoms with E-state index in [1.807, 2.05) is 0 Å². The Bertz CT molecular complexity index is 700. The van der Waals surface area contributed by atoms with Crippen LogP contribution < -0.4 is 0 Å². The average molecular weight is 403 g/mol. The lowest BCUT2D eigenvalue weighted by Gasteiger charge is -2.37. The third-order valence-electron chi connectivity index (χ3n) is 5.61. The highest BCUT2D eigenvalue weighted by Crippen LogP contribution is 2.27. The van der Waals surface area contributed by atoms with Gasteiger partial charge in [0, 0.05) is 36.8 Å². The molecule has 0 aromatic heterocycles. The van der Waals surface area contributed by atoms with Crippen molar-refractivity contribution in [1.82, 2.24) is 9.21 Å². The Hall–Kier alpha value is -0.690. The first-order valence-corrected chi connectivity index (χ1v) is 11.5. The predicted molar refractivity (Wildman–Crippen MR) is 103 cm³/mol. The van der Waals surface area contributed by atoms with Crippen molar-refractivity contribution in [3.05, 3.63) is 34.6 Å². The van der Waals surface area contributed by atoms with Crippen LogP contribution in [0.25, 0.3) is 0 Å². The van der Waals surface area contributed by atoms with Gasteiger partial charge in [-0.1, -0.05) is 24.6 Å². The van der Waals surface area contributed by atoms with Gasteiger partial charge in [0.2, 0.25) is 10.0 Å². The molecule has 2 aliphatic rings. The zero-order valence-electron chi connectivity index (χ0n) is 15.3. The van der Waals surface area contributed by atoms with Gasteiger partial charge >= 0.3 is 0 Å². The van der Waals surface area contributed by atoms with Crippen molar-refractivity contribution < 1.29 is 12.8 Å². The Morgan fingerprint density at radius 3 is 2.58 bits per heavy atom. The molecule has 0 radical (unpaired) electrons. The summed E-state index contributed by atoms with van der Waals surface area (Å²) in [5, 5.41) is 0.169. The fourth-order valence-corrected chi connectivity index (χ4v) is 6.05. The van der Waals surface area contributed by atoms with Crippen LogP contribution in [-0.4, -0.2) is 50.3 Å². The molecule has 0 amide bonds. The first kappa shape index (κ1) is 20.1. The highest BCUT2D eigenvalue weighted by atomic mass is 35.5. The molecular weight excluding hydrogens is 375 g/mol. The van der Waals surface area contributed by atoms with Gasteiger partial charge in [-0.3, -0.25) is 0 Å². The molecule has 1 aromatic rings. The number of piperidine rings is 2. The normalized spacial score (nSPS) is 24.0. The Labute approximate surface area is 161 Å². The van der Waals surface area contributed by atoms with E-state index in [1.165, 1.54) is 35.3 Å². The van der Waals surface area contributed by atoms with Crippen molar-refractivity contribution in [2.45, 2.75) is 38.4 Å². The molecule has 1 atom stereocenters. The molecule has 2 fully saturated rings. The van der Waals surface area contributed by atoms with Crippen LogP contribution in [0.3, 0.4) is 0 Å². The van der Waals surface area contributed by atoms with Crippen LogP contribution in [0.5, 0.6) is 0 Å². The maximum Gasteiger partial charge on any atom is 0.218 e. The van der Waals surface area contributed by atoms with Crippen molar-refractivity contribution in [2.24, 2.45) is 11.8 Å². The third kappa shape index (κ3) is 4.97. The van der Waals surface area contributed by atoms with E-state index in [0.29, 0.717) is 19.0 Å². The molecule has 2 aliphatic heterocycles. The zero-order valence-corrected chi connectivity index (χ0v) is 16.9. The molecule has 2 heterocycles. The minimum Gasteiger partial charge on any atom is -0.303 e. The van der Waals surface area contributed by atoms with Gasteiger partial charge in [0.15, 0.2) is 0 Å². The summed E-state index contributed by atoms with van der Waals surface area (Å²) in [6, 6.07) is 4.27. The third-order valence-corrected chi connectivity index (χ3v) is 7.77. The fraction of sp³-hybridized carbons (Fsp3) is 0.684. The lowest BCUT2D eigenvalue weighted by atomic mass is 9.94. The van der Waals surface area contributed by atoms with Crippen molar-refractivity contribution in [3.63, 3.8) is 0 Å². The number of hydrogen-bond donors (Lipinski definition) is 0. The Morgan fingerprint density at radius 2 is 1.92 bits per heavy atom. The van der Waals surface area contributed by atoms with Crippen LogP contribution in [0.4, 0.5) is 4.39 Å². The SMILES string of the molecule is C[C@H]1CCCN(CC2CCN(S(=O)(=O)Cc3c(F)cccc3Cl)CC2)C1. The van der Waals surface area contributed by atoms with Crippen LogP contribution in [0, 0.1) is 17.7 Å². The van der Waals surface area contributed by atoms with Crippen molar-refractivity contribution in [3.8, 4) is 0 Å². The molecule has 0 saturated carbocycles. The highest BCUT2D eigenvalue weighted by molar-refractivity contribution is 7.88. The van der Waals surface area contributed by atoms with E-state index in [4.69, 9.17) is 11.6 Å². The summed E-state index contributed by atoms with van der Waals surface area (Å²) in [5.41, 5.74) is 0.0681. The van der Waals surface area contributed by atoms with E-state index >= 15 is 0 Å². The minimum atomic E-state index is -3.55. The summed E-state index contributed by atoms with van der Waals surface area (Å²) < 4.78 is 40.8. The smallest absolute Gasteiger partial charge is 0.218 e. The number of nitrogens with zero attached hydrogens (tertiary/aromatic N) is 2. The number of benzene rings is 1. The topological polar surface area (TPSA) is 40.6 Å². The summed E-state index contributed by atoms with van der Waals surface area (Å²) in [5.74, 6) is 0.376. The number of sulfonamides is 1. The van der Waals surface area contributed by atoms with Gasteiger partial charge in [0.25, 0.3) is 0 Å². The summed E-state index contributed by atoms with van der Waals surface area (Å²) in [6.07, 6.45) is 4.31. The van der Waals surface area contributed by atoms with Crippen molar-refractivity contribution in [2.75, 3.05) is 32.7 Å². The molecule has 0 bridgehead atoms. The number of likely N-dealkylation sites (tertiary alicyclic amines) is 1. The molecule has 26 heavy (non-hydrogen) atoms. The molecule has 2 saturated heterocycles. The number of hydrogen-bond acceptors (Lipinski definition) is 3. The van der Waals surface area contributed by atoms with E-state index < -0.39 is 15.8 Å². The van der Waals surface area contributed by atoms with Crippen LogP contribution in [0.1, 0.15) is 38.2 Å². The Balaban J connectivity index is 1.55. The number of rotatable bonds is 5. The monoisotopic (exact) mass is 402 g/mol. The molecule has 0 aliphatic carbocycles. The van der Waals surface area contributed by atoms with Gasteiger partial charge < -0.3 is 4.90 Å². The molecule has 0 spiro atoms. The first-order valence-electron chi connectivity index (χ1n) is 9.48. The van der Waals surface area contributed by atoms with E-state index in [-0.39, 0.29) is 16.3 Å². The quantitative estimate of drug-likeness (QED) is 0.753. The van der Waals surface area contributed by atoms with Gasteiger partial charge in [0.1, 0.15) is 5.82 Å². The first-order chi connectivity index (χ1) is 12.3. The van der Waals surface area contributed by atoms with Gasteiger partial charge in [0.05, 0.1) is 5.75 Å². The van der Waals surface area contributed by atoms with E-state index in [0.717, 1.165) is 38.4 Å². The molecule has 7 heteroatoms. The highest BCUT2D eigenvalue weighted by Gasteiger charge is 2.30. The minimum absolute atomic E-state index is 0.0681. The second-order valence-electron chi connectivity index (χ2n) is 7.81. The summed E-state index contributed by atoms with van der Waals surface area (Å²) in [7, 11) is -3.55. The predicted octanol–water partition coefficient (Wildman–Crippen LogP) is 3.75. The van der Waals surface area contributed by atoms with Crippen LogP contribution >= 0.6 is 11.6 Å². The molecule has 1 aromatic carbocycles. The van der Waals surface area contributed by atoms with Crippen LogP contribution in [0.2, 0.25) is 5.02 Å². The zero-order chi connectivity index (χ0) is 18.7. The average Bonchev–Trinajstić information content (AvgIpc) is 2.59. The summed E-state index contributed by atoms with van der Waals surface area (Å²) >= 11 is 5.99. The number of halogens is 2. The maximum absolute atomic E-state index is 13.9. The molecular formula is C19H28ClFN2O2S. The Morgan fingerprint density at radius 1 is 1.19 bits per heavy atom. The fourth-order valence-electron chi connectivity index (χ4n) is 4.13. The summed E-state index contributed by atoms with van der Waals surface area (Å²) in [4.78, 5) is 2.53. The lowest BCUT2D eigenvalue weighted by molar-refractivity contribution is 0.136. The molecule has 3 rings (SSSR count). The lowest BCUT2D eigenvalue weighted by Crippen LogP contribution is -2.43. The van der Waals surface area contributed by atoms with Gasteiger partial charge in [-0.15, -0.1) is 0 Å². The van der Waals surface area contributed by atoms with Gasteiger partial charge in [-0.05, 0) is 56.2 Å². The van der Waals surface area contributed by atoms with Crippen LogP contribution in [0.15, 0.2) is 18.2 Å². The summed E-state index contributed by atoms with van der Waals surface area (Å²) in [6.45, 7) is 6.72. The van der Waals surface area contributed by atoms with Crippen molar-refractivity contribution in [1.29, 1.82) is 0 Å². The second-order valence-corrected chi connectivity index (χ2v) is 10.2. The molecule has 0 N–H and O–H groups in total. The van der Waals surface area contributed by atoms with E-state index in [1.54, 1.807) is 0 Å². The van der Waals surface area contributed by atoms with Gasteiger partial charge in [-0.2, -0.15) is 0 Å². The van der Waals surface area contributed by atoms with Gasteiger partial charge in [-0.25, -0.2) is 17.1 Å². The van der Waals surface area contributed by atoms with Crippen LogP contribution in [-0.2, 0) is 15.8 Å². The Kier molecular flexibility index (Phi) is 6.59. The van der Waals surface area contributed by atoms with E-state index in [2.05, 4.69) is 11.8 Å². The second kappa shape index (κ2) is 8.55. The molecule has 146 valence electrons. The molecule has 4 nitrogen and oxygen atoms in total. The standard InChI is InChI=1S/C19H28ClFN2O2S/c1-15-4-3-9-22(12-15)13-16-7-10-23(11-8-16)26(24,25)14-17-18(20)5-2-6-19(17)21/h2,5-6,15-16H,3-4,7-14H2,1H3/t15-/m0/s1. The largest absolute Gasteiger partial charge is 0.303 e. The van der Waals surface area contributed by atoms with E-state index in [9.17, 15) is 12.8 Å². The van der Waals surface area contributed by atoms with Crippen molar-refractivity contribution >= 4 is 21.6 Å².